The minimum Gasteiger partial charge on any atom is -0.502 e. The van der Waals surface area contributed by atoms with Crippen LogP contribution in [-0.2, 0) is 0 Å². The van der Waals surface area contributed by atoms with E-state index >= 15 is 0 Å². The molecule has 0 radical (unpaired) electrons. The average molecular weight is 183 g/mol. The summed E-state index contributed by atoms with van der Waals surface area (Å²) in [5.41, 5.74) is 0.313. The van der Waals surface area contributed by atoms with E-state index in [0.29, 0.717) is 5.56 Å². The normalized spacial score (nSPS) is 9.69. The molecule has 0 unspecified atom stereocenters. The summed E-state index contributed by atoms with van der Waals surface area (Å²) >= 11 is 0. The summed E-state index contributed by atoms with van der Waals surface area (Å²) in [6.07, 6.45) is 0. The van der Waals surface area contributed by atoms with Crippen molar-refractivity contribution in [3.05, 3.63) is 27.8 Å². The quantitative estimate of drug-likeness (QED) is 0.558. The van der Waals surface area contributed by atoms with Gasteiger partial charge in [0.05, 0.1) is 12.0 Å². The van der Waals surface area contributed by atoms with Crippen LogP contribution in [0.3, 0.4) is 0 Å². The molecule has 0 spiro atoms. The highest BCUT2D eigenvalue weighted by Gasteiger charge is 2.20. The van der Waals surface area contributed by atoms with Crippen LogP contribution in [0.4, 0.5) is 5.69 Å². The van der Waals surface area contributed by atoms with Gasteiger partial charge in [-0.15, -0.1) is 0 Å². The minimum atomic E-state index is -0.673. The number of rotatable bonds is 2. The van der Waals surface area contributed by atoms with Gasteiger partial charge in [0.15, 0.2) is 5.75 Å². The van der Waals surface area contributed by atoms with Crippen molar-refractivity contribution < 1.29 is 14.8 Å². The molecule has 0 fully saturated rings. The molecule has 0 bridgehead atoms. The van der Waals surface area contributed by atoms with Gasteiger partial charge in [0.2, 0.25) is 5.75 Å². The number of hydrogen-bond donors (Lipinski definition) is 1. The maximum absolute atomic E-state index is 10.5. The fourth-order valence-corrected chi connectivity index (χ4v) is 1.07. The van der Waals surface area contributed by atoms with Gasteiger partial charge in [-0.05, 0) is 24.6 Å². The Hall–Kier alpha value is -1.78. The van der Waals surface area contributed by atoms with E-state index in [-0.39, 0.29) is 11.5 Å². The summed E-state index contributed by atoms with van der Waals surface area (Å²) in [5, 5.41) is 19.7. The van der Waals surface area contributed by atoms with Crippen molar-refractivity contribution in [2.24, 2.45) is 0 Å². The van der Waals surface area contributed by atoms with Crippen LogP contribution in [-0.4, -0.2) is 17.1 Å². The molecule has 5 nitrogen and oxygen atoms in total. The fourth-order valence-electron chi connectivity index (χ4n) is 1.07. The van der Waals surface area contributed by atoms with Crippen LogP contribution in [0, 0.1) is 17.0 Å². The van der Waals surface area contributed by atoms with Crippen LogP contribution in [0.25, 0.3) is 0 Å². The number of methoxy groups -OCH3 is 1. The zero-order valence-corrected chi connectivity index (χ0v) is 7.27. The molecule has 0 aliphatic carbocycles. The van der Waals surface area contributed by atoms with E-state index < -0.39 is 10.6 Å². The molecule has 5 heteroatoms. The molecule has 1 N–H and O–H groups in total. The second-order valence-corrected chi connectivity index (χ2v) is 2.59. The third kappa shape index (κ3) is 1.69. The van der Waals surface area contributed by atoms with Crippen molar-refractivity contribution in [2.75, 3.05) is 7.11 Å². The summed E-state index contributed by atoms with van der Waals surface area (Å²) in [6, 6.07) is 2.82. The van der Waals surface area contributed by atoms with Gasteiger partial charge in [0, 0.05) is 0 Å². The van der Waals surface area contributed by atoms with Crippen molar-refractivity contribution in [3.8, 4) is 11.5 Å². The van der Waals surface area contributed by atoms with Gasteiger partial charge in [-0.3, -0.25) is 10.1 Å². The lowest BCUT2D eigenvalue weighted by atomic mass is 10.2. The van der Waals surface area contributed by atoms with E-state index in [1.807, 2.05) is 0 Å². The monoisotopic (exact) mass is 183 g/mol. The molecule has 0 saturated carbocycles. The number of phenols is 1. The second-order valence-electron chi connectivity index (χ2n) is 2.59. The van der Waals surface area contributed by atoms with Crippen molar-refractivity contribution >= 4 is 5.69 Å². The van der Waals surface area contributed by atoms with Crippen LogP contribution in [0.5, 0.6) is 11.5 Å². The summed E-state index contributed by atoms with van der Waals surface area (Å²) in [5.74, 6) is -0.302. The number of aryl methyl sites for hydroxylation is 1. The number of nitro benzene ring substituents is 1. The lowest BCUT2D eigenvalue weighted by Crippen LogP contribution is -1.94. The van der Waals surface area contributed by atoms with E-state index in [1.165, 1.54) is 19.2 Å². The molecule has 0 heterocycles. The van der Waals surface area contributed by atoms with Crippen molar-refractivity contribution in [1.29, 1.82) is 0 Å². The Morgan fingerprint density at radius 3 is 2.62 bits per heavy atom. The molecule has 1 aromatic rings. The van der Waals surface area contributed by atoms with Gasteiger partial charge in [0.25, 0.3) is 0 Å². The smallest absolute Gasteiger partial charge is 0.352 e. The van der Waals surface area contributed by atoms with E-state index in [2.05, 4.69) is 0 Å². The van der Waals surface area contributed by atoms with Crippen LogP contribution in [0.1, 0.15) is 5.56 Å². The first-order valence-corrected chi connectivity index (χ1v) is 3.58. The zero-order chi connectivity index (χ0) is 10.0. The highest BCUT2D eigenvalue weighted by Crippen LogP contribution is 2.36. The highest BCUT2D eigenvalue weighted by molar-refractivity contribution is 5.58. The predicted molar refractivity (Wildman–Crippen MR) is 46.1 cm³/mol. The van der Waals surface area contributed by atoms with E-state index in [4.69, 9.17) is 4.74 Å². The highest BCUT2D eigenvalue weighted by atomic mass is 16.6. The van der Waals surface area contributed by atoms with Crippen LogP contribution in [0.15, 0.2) is 12.1 Å². The molecule has 13 heavy (non-hydrogen) atoms. The molecule has 1 aromatic carbocycles. The standard InChI is InChI=1S/C8H9NO4/c1-5-3-6(10)8(9(11)12)7(4-5)13-2/h3-4,10H,1-2H3. The number of nitrogens with zero attached hydrogens (tertiary/aromatic N) is 1. The van der Waals surface area contributed by atoms with Crippen molar-refractivity contribution in [1.82, 2.24) is 0 Å². The van der Waals surface area contributed by atoms with Gasteiger partial charge in [-0.1, -0.05) is 0 Å². The fraction of sp³-hybridized carbons (Fsp3) is 0.250. The lowest BCUT2D eigenvalue weighted by Gasteiger charge is -2.03. The molecule has 0 amide bonds. The predicted octanol–water partition coefficient (Wildman–Crippen LogP) is 1.62. The first-order chi connectivity index (χ1) is 6.06. The molecular formula is C8H9NO4. The molecule has 0 aliphatic heterocycles. The van der Waals surface area contributed by atoms with E-state index in [0.717, 1.165) is 0 Å². The molecular weight excluding hydrogens is 174 g/mol. The topological polar surface area (TPSA) is 72.6 Å². The molecule has 0 atom stereocenters. The molecule has 70 valence electrons. The van der Waals surface area contributed by atoms with E-state index in [9.17, 15) is 15.2 Å². The first kappa shape index (κ1) is 9.31. The van der Waals surface area contributed by atoms with Gasteiger partial charge in [-0.25, -0.2) is 0 Å². The Bertz CT molecular complexity index is 348. The Morgan fingerprint density at radius 2 is 2.15 bits per heavy atom. The average Bonchev–Trinajstić information content (AvgIpc) is 2.01. The minimum absolute atomic E-state index is 0.0718. The van der Waals surface area contributed by atoms with Crippen molar-refractivity contribution in [2.45, 2.75) is 6.92 Å². The molecule has 0 aromatic heterocycles. The third-order valence-electron chi connectivity index (χ3n) is 1.60. The van der Waals surface area contributed by atoms with Crippen molar-refractivity contribution in [3.63, 3.8) is 0 Å². The van der Waals surface area contributed by atoms with Gasteiger partial charge in [-0.2, -0.15) is 0 Å². The summed E-state index contributed by atoms with van der Waals surface area (Å²) in [7, 11) is 1.32. The number of hydrogen-bond acceptors (Lipinski definition) is 4. The van der Waals surface area contributed by atoms with Crippen LogP contribution >= 0.6 is 0 Å². The maximum atomic E-state index is 10.5. The summed E-state index contributed by atoms with van der Waals surface area (Å²) in [4.78, 5) is 9.81. The number of nitro groups is 1. The third-order valence-corrected chi connectivity index (χ3v) is 1.60. The molecule has 0 aliphatic rings. The van der Waals surface area contributed by atoms with Crippen LogP contribution in [0.2, 0.25) is 0 Å². The molecule has 0 saturated heterocycles. The number of phenolic OH excluding ortho intramolecular Hbond substituents is 1. The van der Waals surface area contributed by atoms with Gasteiger partial charge >= 0.3 is 5.69 Å². The Balaban J connectivity index is 3.38. The van der Waals surface area contributed by atoms with Crippen LogP contribution < -0.4 is 4.74 Å². The first-order valence-electron chi connectivity index (χ1n) is 3.58. The largest absolute Gasteiger partial charge is 0.502 e. The number of benzene rings is 1. The molecule has 1 rings (SSSR count). The Kier molecular flexibility index (Phi) is 2.36. The Labute approximate surface area is 74.7 Å². The second kappa shape index (κ2) is 3.30. The number of aromatic hydroxyl groups is 1. The van der Waals surface area contributed by atoms with Gasteiger partial charge in [0.1, 0.15) is 0 Å². The zero-order valence-electron chi connectivity index (χ0n) is 7.27. The maximum Gasteiger partial charge on any atom is 0.352 e. The summed E-state index contributed by atoms with van der Waals surface area (Å²) in [6.45, 7) is 1.71. The lowest BCUT2D eigenvalue weighted by molar-refractivity contribution is -0.386. The van der Waals surface area contributed by atoms with Gasteiger partial charge < -0.3 is 9.84 Å². The van der Waals surface area contributed by atoms with E-state index in [1.54, 1.807) is 6.92 Å². The number of ether oxygens (including phenoxy) is 1. The SMILES string of the molecule is COc1cc(C)cc(O)c1[N+](=O)[O-]. The Morgan fingerprint density at radius 1 is 1.54 bits per heavy atom. The summed E-state index contributed by atoms with van der Waals surface area (Å²) < 4.78 is 4.77.